The van der Waals surface area contributed by atoms with Gasteiger partial charge in [0.2, 0.25) is 11.8 Å². The molecule has 2 aromatic carbocycles. The summed E-state index contributed by atoms with van der Waals surface area (Å²) in [6.45, 7) is 5.14. The monoisotopic (exact) mass is 390 g/mol. The van der Waals surface area contributed by atoms with E-state index in [-0.39, 0.29) is 24.5 Å². The lowest BCUT2D eigenvalue weighted by atomic mass is 10.2. The number of nitrogens with zero attached hydrogens (tertiary/aromatic N) is 1. The minimum Gasteiger partial charge on any atom is -0.495 e. The summed E-state index contributed by atoms with van der Waals surface area (Å²) in [5, 5.41) is 3.13. The quantitative estimate of drug-likeness (QED) is 0.771. The Morgan fingerprint density at radius 1 is 1.15 bits per heavy atom. The van der Waals surface area contributed by atoms with Crippen LogP contribution in [0.3, 0.4) is 0 Å². The number of ether oxygens (including phenoxy) is 2. The molecule has 0 heterocycles. The first-order valence-electron chi connectivity index (χ1n) is 8.48. The van der Waals surface area contributed by atoms with Gasteiger partial charge in [0.15, 0.2) is 0 Å². The Bertz CT molecular complexity index is 806. The van der Waals surface area contributed by atoms with Crippen LogP contribution in [0.1, 0.15) is 20.8 Å². The summed E-state index contributed by atoms with van der Waals surface area (Å²) in [4.78, 5) is 25.7. The number of hydrogen-bond donors (Lipinski definition) is 1. The van der Waals surface area contributed by atoms with Crippen molar-refractivity contribution in [1.29, 1.82) is 0 Å². The van der Waals surface area contributed by atoms with Crippen LogP contribution >= 0.6 is 11.6 Å². The van der Waals surface area contributed by atoms with Crippen molar-refractivity contribution in [3.63, 3.8) is 0 Å². The summed E-state index contributed by atoms with van der Waals surface area (Å²) < 4.78 is 10.7. The summed E-state index contributed by atoms with van der Waals surface area (Å²) in [5.41, 5.74) is 1.14. The molecule has 27 heavy (non-hydrogen) atoms. The Kier molecular flexibility index (Phi) is 7.07. The molecule has 2 rings (SSSR count). The van der Waals surface area contributed by atoms with E-state index >= 15 is 0 Å². The fourth-order valence-corrected chi connectivity index (χ4v) is 2.69. The van der Waals surface area contributed by atoms with E-state index in [1.54, 1.807) is 42.5 Å². The zero-order valence-corrected chi connectivity index (χ0v) is 16.5. The molecule has 0 saturated carbocycles. The van der Waals surface area contributed by atoms with Gasteiger partial charge in [-0.15, -0.1) is 0 Å². The van der Waals surface area contributed by atoms with Crippen molar-refractivity contribution in [1.82, 2.24) is 0 Å². The maximum Gasteiger partial charge on any atom is 0.244 e. The molecule has 0 atom stereocenters. The highest BCUT2D eigenvalue weighted by Crippen LogP contribution is 2.29. The molecule has 0 radical (unpaired) electrons. The maximum absolute atomic E-state index is 12.4. The standard InChI is InChI=1S/C20H23ClN2O4/c1-13(2)27-17-8-5-15(6-9-17)22-20(25)12-23(14(3)24)16-7-10-19(26-4)18(21)11-16/h5-11,13H,12H2,1-4H3,(H,22,25). The minimum absolute atomic E-state index is 0.0749. The van der Waals surface area contributed by atoms with Gasteiger partial charge in [0, 0.05) is 18.3 Å². The molecule has 2 amide bonds. The SMILES string of the molecule is COc1ccc(N(CC(=O)Nc2ccc(OC(C)C)cc2)C(C)=O)cc1Cl. The minimum atomic E-state index is -0.324. The third-order valence-electron chi connectivity index (χ3n) is 3.64. The van der Waals surface area contributed by atoms with Crippen molar-refractivity contribution in [2.75, 3.05) is 23.9 Å². The molecule has 0 aromatic heterocycles. The van der Waals surface area contributed by atoms with Crippen molar-refractivity contribution in [3.8, 4) is 11.5 Å². The Morgan fingerprint density at radius 3 is 2.33 bits per heavy atom. The lowest BCUT2D eigenvalue weighted by Crippen LogP contribution is -2.36. The Morgan fingerprint density at radius 2 is 1.81 bits per heavy atom. The van der Waals surface area contributed by atoms with Gasteiger partial charge in [-0.05, 0) is 56.3 Å². The predicted molar refractivity (Wildman–Crippen MR) is 107 cm³/mol. The van der Waals surface area contributed by atoms with Crippen molar-refractivity contribution in [3.05, 3.63) is 47.5 Å². The molecule has 0 bridgehead atoms. The van der Waals surface area contributed by atoms with Gasteiger partial charge in [0.25, 0.3) is 0 Å². The molecule has 0 unspecified atom stereocenters. The number of anilines is 2. The van der Waals surface area contributed by atoms with E-state index in [0.717, 1.165) is 5.75 Å². The summed E-state index contributed by atoms with van der Waals surface area (Å²) in [6, 6.07) is 12.0. The highest BCUT2D eigenvalue weighted by molar-refractivity contribution is 6.32. The maximum atomic E-state index is 12.4. The van der Waals surface area contributed by atoms with Crippen LogP contribution in [0.2, 0.25) is 5.02 Å². The van der Waals surface area contributed by atoms with Crippen LogP contribution in [0.25, 0.3) is 0 Å². The molecular formula is C20H23ClN2O4. The Balaban J connectivity index is 2.06. The van der Waals surface area contributed by atoms with Crippen molar-refractivity contribution in [2.45, 2.75) is 26.9 Å². The van der Waals surface area contributed by atoms with E-state index in [2.05, 4.69) is 5.32 Å². The summed E-state index contributed by atoms with van der Waals surface area (Å²) in [5.74, 6) is 0.625. The Hall–Kier alpha value is -2.73. The van der Waals surface area contributed by atoms with Crippen molar-refractivity contribution in [2.24, 2.45) is 0 Å². The number of nitrogens with one attached hydrogen (secondary N) is 1. The van der Waals surface area contributed by atoms with Gasteiger partial charge < -0.3 is 19.7 Å². The fourth-order valence-electron chi connectivity index (χ4n) is 2.44. The van der Waals surface area contributed by atoms with Gasteiger partial charge in [-0.1, -0.05) is 11.6 Å². The normalized spacial score (nSPS) is 10.4. The number of carbonyl (C=O) groups excluding carboxylic acids is 2. The molecule has 0 fully saturated rings. The third kappa shape index (κ3) is 5.89. The van der Waals surface area contributed by atoms with Gasteiger partial charge in [-0.3, -0.25) is 9.59 Å². The summed E-state index contributed by atoms with van der Waals surface area (Å²) >= 11 is 6.12. The molecule has 0 aliphatic heterocycles. The lowest BCUT2D eigenvalue weighted by molar-refractivity contribution is -0.120. The van der Waals surface area contributed by atoms with E-state index in [0.29, 0.717) is 22.1 Å². The zero-order chi connectivity index (χ0) is 20.0. The number of amides is 2. The van der Waals surface area contributed by atoms with E-state index in [9.17, 15) is 9.59 Å². The predicted octanol–water partition coefficient (Wildman–Crippen LogP) is 4.13. The third-order valence-corrected chi connectivity index (χ3v) is 3.93. The van der Waals surface area contributed by atoms with Crippen LogP contribution in [0.5, 0.6) is 11.5 Å². The molecule has 1 N–H and O–H groups in total. The first-order chi connectivity index (χ1) is 12.8. The number of methoxy groups -OCH3 is 1. The van der Waals surface area contributed by atoms with Gasteiger partial charge in [0.1, 0.15) is 18.0 Å². The van der Waals surface area contributed by atoms with Gasteiger partial charge in [0.05, 0.1) is 18.2 Å². The first-order valence-corrected chi connectivity index (χ1v) is 8.86. The van der Waals surface area contributed by atoms with E-state index in [4.69, 9.17) is 21.1 Å². The van der Waals surface area contributed by atoms with Gasteiger partial charge in [-0.25, -0.2) is 0 Å². The molecule has 0 saturated heterocycles. The smallest absolute Gasteiger partial charge is 0.244 e. The van der Waals surface area contributed by atoms with Crippen molar-refractivity contribution < 1.29 is 19.1 Å². The number of hydrogen-bond acceptors (Lipinski definition) is 4. The van der Waals surface area contributed by atoms with Crippen LogP contribution in [0, 0.1) is 0 Å². The van der Waals surface area contributed by atoms with Crippen LogP contribution < -0.4 is 19.7 Å². The van der Waals surface area contributed by atoms with Crippen molar-refractivity contribution >= 4 is 34.8 Å². The van der Waals surface area contributed by atoms with E-state index < -0.39 is 0 Å². The van der Waals surface area contributed by atoms with E-state index in [1.165, 1.54) is 18.9 Å². The molecular weight excluding hydrogens is 368 g/mol. The Labute approximate surface area is 164 Å². The molecule has 6 nitrogen and oxygen atoms in total. The highest BCUT2D eigenvalue weighted by Gasteiger charge is 2.17. The average Bonchev–Trinajstić information content (AvgIpc) is 2.60. The van der Waals surface area contributed by atoms with E-state index in [1.807, 2.05) is 13.8 Å². The first kappa shape index (κ1) is 20.6. The molecule has 144 valence electrons. The fraction of sp³-hybridized carbons (Fsp3) is 0.300. The number of halogens is 1. The number of carbonyl (C=O) groups is 2. The number of benzene rings is 2. The summed E-state index contributed by atoms with van der Waals surface area (Å²) in [7, 11) is 1.51. The van der Waals surface area contributed by atoms with Gasteiger partial charge in [-0.2, -0.15) is 0 Å². The highest BCUT2D eigenvalue weighted by atomic mass is 35.5. The molecule has 0 aliphatic rings. The average molecular weight is 391 g/mol. The number of rotatable bonds is 7. The topological polar surface area (TPSA) is 67.9 Å². The van der Waals surface area contributed by atoms with Crippen LogP contribution in [-0.2, 0) is 9.59 Å². The molecule has 7 heteroatoms. The molecule has 2 aromatic rings. The second-order valence-corrected chi connectivity index (χ2v) is 6.57. The van der Waals surface area contributed by atoms with Crippen LogP contribution in [-0.4, -0.2) is 31.6 Å². The second kappa shape index (κ2) is 9.28. The zero-order valence-electron chi connectivity index (χ0n) is 15.8. The molecule has 0 aliphatic carbocycles. The van der Waals surface area contributed by atoms with Crippen LogP contribution in [0.15, 0.2) is 42.5 Å². The second-order valence-electron chi connectivity index (χ2n) is 6.16. The molecule has 0 spiro atoms. The van der Waals surface area contributed by atoms with Gasteiger partial charge >= 0.3 is 0 Å². The van der Waals surface area contributed by atoms with Crippen LogP contribution in [0.4, 0.5) is 11.4 Å². The largest absolute Gasteiger partial charge is 0.495 e. The lowest BCUT2D eigenvalue weighted by Gasteiger charge is -2.21. The summed E-state index contributed by atoms with van der Waals surface area (Å²) in [6.07, 6.45) is 0.0749.